The van der Waals surface area contributed by atoms with Gasteiger partial charge >= 0.3 is 5.97 Å². The summed E-state index contributed by atoms with van der Waals surface area (Å²) in [4.78, 5) is 29.2. The summed E-state index contributed by atoms with van der Waals surface area (Å²) in [7, 11) is 3.10. The number of carbonyl (C=O) groups excluding carboxylic acids is 2. The number of methoxy groups -OCH3 is 2. The van der Waals surface area contributed by atoms with Crippen molar-refractivity contribution in [2.75, 3.05) is 14.2 Å². The number of para-hydroxylation sites is 1. The van der Waals surface area contributed by atoms with Crippen molar-refractivity contribution in [3.05, 3.63) is 113 Å². The number of aromatic nitrogens is 1. The van der Waals surface area contributed by atoms with Crippen LogP contribution in [0.4, 0.5) is 0 Å². The van der Waals surface area contributed by atoms with E-state index in [1.165, 1.54) is 6.21 Å². The molecule has 1 aromatic heterocycles. The molecule has 4 aromatic carbocycles. The standard InChI is InChI=1S/C31H24ClN3O5/c1-38-24-16-17-25(39-2)28-27(24)26(21-13-7-8-14-22(21)32)29(34-28)30(36)35-33-18-20-12-6-9-15-23(20)40-31(37)19-10-4-3-5-11-19/h3-18,34H,1-2H3,(H,35,36). The van der Waals surface area contributed by atoms with Crippen molar-refractivity contribution in [2.24, 2.45) is 5.10 Å². The largest absolute Gasteiger partial charge is 0.496 e. The minimum absolute atomic E-state index is 0.215. The van der Waals surface area contributed by atoms with Crippen LogP contribution in [0.25, 0.3) is 22.0 Å². The maximum absolute atomic E-state index is 13.5. The molecule has 40 heavy (non-hydrogen) atoms. The van der Waals surface area contributed by atoms with Crippen molar-refractivity contribution in [3.8, 4) is 28.4 Å². The molecule has 0 fully saturated rings. The van der Waals surface area contributed by atoms with Crippen molar-refractivity contribution in [3.63, 3.8) is 0 Å². The molecule has 8 nitrogen and oxygen atoms in total. The van der Waals surface area contributed by atoms with Gasteiger partial charge in [0.25, 0.3) is 5.91 Å². The molecule has 0 unspecified atom stereocenters. The fraction of sp³-hybridized carbons (Fsp3) is 0.0645. The van der Waals surface area contributed by atoms with E-state index in [4.69, 9.17) is 25.8 Å². The second-order valence-electron chi connectivity index (χ2n) is 8.57. The Labute approximate surface area is 235 Å². The van der Waals surface area contributed by atoms with Crippen LogP contribution in [-0.4, -0.2) is 37.3 Å². The Hall–Kier alpha value is -5.08. The molecule has 1 heterocycles. The molecule has 2 N–H and O–H groups in total. The lowest BCUT2D eigenvalue weighted by atomic mass is 10.0. The van der Waals surface area contributed by atoms with Gasteiger partial charge in [0, 0.05) is 21.7 Å². The molecule has 0 aliphatic rings. The third-order valence-electron chi connectivity index (χ3n) is 6.19. The van der Waals surface area contributed by atoms with Crippen LogP contribution < -0.4 is 19.6 Å². The summed E-state index contributed by atoms with van der Waals surface area (Å²) < 4.78 is 16.7. The number of hydrazone groups is 1. The third-order valence-corrected chi connectivity index (χ3v) is 6.52. The lowest BCUT2D eigenvalue weighted by Crippen LogP contribution is -2.19. The van der Waals surface area contributed by atoms with Crippen molar-refractivity contribution < 1.29 is 23.8 Å². The number of carbonyl (C=O) groups is 2. The summed E-state index contributed by atoms with van der Waals surface area (Å²) in [6, 6.07) is 26.3. The van der Waals surface area contributed by atoms with Gasteiger partial charge in [0.05, 0.1) is 36.9 Å². The van der Waals surface area contributed by atoms with E-state index in [9.17, 15) is 9.59 Å². The van der Waals surface area contributed by atoms with Gasteiger partial charge in [-0.25, -0.2) is 10.2 Å². The lowest BCUT2D eigenvalue weighted by molar-refractivity contribution is 0.0734. The van der Waals surface area contributed by atoms with Gasteiger partial charge in [-0.05, 0) is 42.5 Å². The van der Waals surface area contributed by atoms with E-state index in [2.05, 4.69) is 15.5 Å². The maximum atomic E-state index is 13.5. The monoisotopic (exact) mass is 553 g/mol. The molecule has 5 aromatic rings. The highest BCUT2D eigenvalue weighted by Gasteiger charge is 2.25. The number of fused-ring (bicyclic) bond motifs is 1. The van der Waals surface area contributed by atoms with E-state index in [0.29, 0.717) is 55.4 Å². The molecule has 0 saturated carbocycles. The fourth-order valence-corrected chi connectivity index (χ4v) is 4.55. The first-order chi connectivity index (χ1) is 19.5. The highest BCUT2D eigenvalue weighted by atomic mass is 35.5. The Bertz CT molecular complexity index is 1730. The first-order valence-corrected chi connectivity index (χ1v) is 12.6. The van der Waals surface area contributed by atoms with E-state index in [1.807, 2.05) is 24.3 Å². The summed E-state index contributed by atoms with van der Waals surface area (Å²) in [5, 5.41) is 5.24. The summed E-state index contributed by atoms with van der Waals surface area (Å²) in [5.41, 5.74) is 5.44. The molecule has 5 rings (SSSR count). The van der Waals surface area contributed by atoms with Crippen molar-refractivity contribution in [1.82, 2.24) is 10.4 Å². The molecule has 0 atom stereocenters. The predicted octanol–water partition coefficient (Wildman–Crippen LogP) is 6.49. The Morgan fingerprint density at radius 2 is 1.50 bits per heavy atom. The number of esters is 1. The van der Waals surface area contributed by atoms with Gasteiger partial charge in [-0.3, -0.25) is 4.79 Å². The van der Waals surface area contributed by atoms with Crippen molar-refractivity contribution >= 4 is 40.6 Å². The van der Waals surface area contributed by atoms with E-state index in [0.717, 1.165) is 0 Å². The van der Waals surface area contributed by atoms with E-state index in [-0.39, 0.29) is 5.69 Å². The van der Waals surface area contributed by atoms with Gasteiger partial charge in [0.1, 0.15) is 22.9 Å². The minimum atomic E-state index is -0.523. The summed E-state index contributed by atoms with van der Waals surface area (Å²) >= 11 is 6.56. The zero-order chi connectivity index (χ0) is 28.1. The number of nitrogens with one attached hydrogen (secondary N) is 2. The normalized spacial score (nSPS) is 11.0. The molecule has 9 heteroatoms. The number of ether oxygens (including phenoxy) is 3. The lowest BCUT2D eigenvalue weighted by Gasteiger charge is -2.10. The van der Waals surface area contributed by atoms with E-state index in [1.54, 1.807) is 80.9 Å². The maximum Gasteiger partial charge on any atom is 0.343 e. The average Bonchev–Trinajstić information content (AvgIpc) is 3.39. The minimum Gasteiger partial charge on any atom is -0.496 e. The quantitative estimate of drug-likeness (QED) is 0.0989. The van der Waals surface area contributed by atoms with Crippen LogP contribution in [0.5, 0.6) is 17.2 Å². The van der Waals surface area contributed by atoms with Crippen LogP contribution in [0.2, 0.25) is 5.02 Å². The zero-order valence-electron chi connectivity index (χ0n) is 21.6. The van der Waals surface area contributed by atoms with Crippen LogP contribution in [0, 0.1) is 0 Å². The van der Waals surface area contributed by atoms with Gasteiger partial charge in [0.15, 0.2) is 0 Å². The average molecular weight is 554 g/mol. The van der Waals surface area contributed by atoms with Crippen molar-refractivity contribution in [2.45, 2.75) is 0 Å². The number of nitrogens with zero attached hydrogens (tertiary/aromatic N) is 1. The molecule has 0 radical (unpaired) electrons. The Morgan fingerprint density at radius 1 is 0.825 bits per heavy atom. The van der Waals surface area contributed by atoms with Crippen LogP contribution in [0.15, 0.2) is 96.1 Å². The number of hydrogen-bond donors (Lipinski definition) is 2. The number of benzene rings is 4. The molecule has 0 aliphatic carbocycles. The molecular weight excluding hydrogens is 530 g/mol. The number of hydrogen-bond acceptors (Lipinski definition) is 6. The molecule has 0 saturated heterocycles. The highest BCUT2D eigenvalue weighted by molar-refractivity contribution is 6.34. The van der Waals surface area contributed by atoms with Gasteiger partial charge < -0.3 is 19.2 Å². The van der Waals surface area contributed by atoms with Gasteiger partial charge in [-0.1, -0.05) is 60.1 Å². The number of amides is 1. The molecule has 0 bridgehead atoms. The topological polar surface area (TPSA) is 102 Å². The van der Waals surface area contributed by atoms with Gasteiger partial charge in [0.2, 0.25) is 0 Å². The highest BCUT2D eigenvalue weighted by Crippen LogP contribution is 2.43. The SMILES string of the molecule is COc1ccc(OC)c2c(-c3ccccc3Cl)c(C(=O)NN=Cc3ccccc3OC(=O)c3ccccc3)[nH]c12. The Kier molecular flexibility index (Phi) is 7.80. The van der Waals surface area contributed by atoms with E-state index >= 15 is 0 Å². The Morgan fingerprint density at radius 3 is 2.25 bits per heavy atom. The van der Waals surface area contributed by atoms with Crippen LogP contribution in [0.3, 0.4) is 0 Å². The van der Waals surface area contributed by atoms with Crippen molar-refractivity contribution in [1.29, 1.82) is 0 Å². The number of rotatable bonds is 8. The Balaban J connectivity index is 1.48. The number of halogens is 1. The molecule has 1 amide bonds. The van der Waals surface area contributed by atoms with E-state index < -0.39 is 11.9 Å². The van der Waals surface area contributed by atoms with Gasteiger partial charge in [-0.15, -0.1) is 0 Å². The summed E-state index contributed by atoms with van der Waals surface area (Å²) in [6.45, 7) is 0. The molecule has 200 valence electrons. The first-order valence-electron chi connectivity index (χ1n) is 12.2. The summed E-state index contributed by atoms with van der Waals surface area (Å²) in [5.74, 6) is 0.340. The van der Waals surface area contributed by atoms with Crippen LogP contribution in [-0.2, 0) is 0 Å². The number of H-pyrrole nitrogens is 1. The summed E-state index contributed by atoms with van der Waals surface area (Å²) in [6.07, 6.45) is 1.41. The third kappa shape index (κ3) is 5.25. The molecule has 0 spiro atoms. The van der Waals surface area contributed by atoms with Crippen LogP contribution in [0.1, 0.15) is 26.4 Å². The number of aromatic amines is 1. The molecular formula is C31H24ClN3O5. The second kappa shape index (κ2) is 11.8. The fourth-order valence-electron chi connectivity index (χ4n) is 4.32. The smallest absolute Gasteiger partial charge is 0.343 e. The predicted molar refractivity (Wildman–Crippen MR) is 155 cm³/mol. The first kappa shape index (κ1) is 26.5. The van der Waals surface area contributed by atoms with Crippen LogP contribution >= 0.6 is 11.6 Å². The molecule has 0 aliphatic heterocycles. The van der Waals surface area contributed by atoms with Gasteiger partial charge in [-0.2, -0.15) is 5.10 Å². The second-order valence-corrected chi connectivity index (χ2v) is 8.97. The zero-order valence-corrected chi connectivity index (χ0v) is 22.4.